The van der Waals surface area contributed by atoms with Crippen molar-refractivity contribution in [2.75, 3.05) is 5.75 Å². The third-order valence-corrected chi connectivity index (χ3v) is 0.406. The fourth-order valence-corrected chi connectivity index (χ4v) is 0. The summed E-state index contributed by atoms with van der Waals surface area (Å²) in [5.41, 5.74) is 0. The smallest absolute Gasteiger partial charge is 0.313 e. The highest BCUT2D eigenvalue weighted by molar-refractivity contribution is 7.81. The number of rotatable bonds is 1. The maximum atomic E-state index is 9.29. The molecule has 0 aliphatic carbocycles. The monoisotopic (exact) mass is 211 g/mol. The van der Waals surface area contributed by atoms with E-state index in [1.807, 2.05) is 0 Å². The molecule has 0 saturated carbocycles. The molecule has 10 heavy (non-hydrogen) atoms. The second kappa shape index (κ2) is 34.3. The molecule has 0 atom stereocenters. The SMILES string of the molecule is N.N.N.O=C(O)CS.S.S. The van der Waals surface area contributed by atoms with Gasteiger partial charge < -0.3 is 23.6 Å². The van der Waals surface area contributed by atoms with E-state index in [9.17, 15) is 4.79 Å². The Hall–Kier alpha value is 0.400. The minimum absolute atomic E-state index is 0. The average Bonchev–Trinajstić information content (AvgIpc) is 1.38. The standard InChI is InChI=1S/C2H4O2S.3H3N.2H2S/c3-2(4)1-5;;;;;/h5H,1H2,(H,3,4);3*1H3;2*1H2. The molecular weight excluding hydrogens is 194 g/mol. The molecule has 0 spiro atoms. The van der Waals surface area contributed by atoms with Crippen molar-refractivity contribution in [2.45, 2.75) is 0 Å². The summed E-state index contributed by atoms with van der Waals surface area (Å²) in [4.78, 5) is 9.29. The second-order valence-corrected chi connectivity index (χ2v) is 0.868. The van der Waals surface area contributed by atoms with E-state index < -0.39 is 5.97 Å². The van der Waals surface area contributed by atoms with E-state index in [4.69, 9.17) is 5.11 Å². The first-order chi connectivity index (χ1) is 2.27. The van der Waals surface area contributed by atoms with Crippen LogP contribution >= 0.6 is 39.6 Å². The minimum Gasteiger partial charge on any atom is -0.481 e. The van der Waals surface area contributed by atoms with Crippen LogP contribution in [0.1, 0.15) is 0 Å². The Morgan fingerprint density at radius 1 is 1.20 bits per heavy atom. The predicted octanol–water partition coefficient (Wildman–Crippen LogP) is 0.712. The lowest BCUT2D eigenvalue weighted by Gasteiger charge is -1.71. The van der Waals surface area contributed by atoms with Gasteiger partial charge in [-0.2, -0.15) is 39.6 Å². The van der Waals surface area contributed by atoms with Gasteiger partial charge in [-0.25, -0.2) is 0 Å². The maximum Gasteiger partial charge on any atom is 0.313 e. The molecule has 0 radical (unpaired) electrons. The van der Waals surface area contributed by atoms with Gasteiger partial charge in [-0.1, -0.05) is 0 Å². The van der Waals surface area contributed by atoms with Crippen LogP contribution in [0.25, 0.3) is 0 Å². The van der Waals surface area contributed by atoms with Crippen molar-refractivity contribution < 1.29 is 9.90 Å². The molecule has 0 aromatic rings. The van der Waals surface area contributed by atoms with E-state index >= 15 is 0 Å². The highest BCUT2D eigenvalue weighted by Gasteiger charge is 1.81. The molecular formula is C2H17N3O2S3. The van der Waals surface area contributed by atoms with Gasteiger partial charge in [0.1, 0.15) is 0 Å². The zero-order chi connectivity index (χ0) is 4.28. The van der Waals surface area contributed by atoms with E-state index in [2.05, 4.69) is 12.6 Å². The third-order valence-electron chi connectivity index (χ3n) is 0.135. The molecule has 0 aromatic carbocycles. The van der Waals surface area contributed by atoms with Crippen molar-refractivity contribution in [3.8, 4) is 0 Å². The molecule has 0 aromatic heterocycles. The predicted molar refractivity (Wildman–Crippen MR) is 57.3 cm³/mol. The Labute approximate surface area is 80.0 Å². The van der Waals surface area contributed by atoms with Gasteiger partial charge in [-0.3, -0.25) is 4.79 Å². The van der Waals surface area contributed by atoms with Crippen LogP contribution in [0.4, 0.5) is 0 Å². The molecule has 5 nitrogen and oxygen atoms in total. The highest BCUT2D eigenvalue weighted by Crippen LogP contribution is 1.66. The highest BCUT2D eigenvalue weighted by atomic mass is 32.1. The van der Waals surface area contributed by atoms with Crippen LogP contribution in [0.15, 0.2) is 0 Å². The lowest BCUT2D eigenvalue weighted by molar-refractivity contribution is -0.133. The van der Waals surface area contributed by atoms with Crippen molar-refractivity contribution in [3.05, 3.63) is 0 Å². The summed E-state index contributed by atoms with van der Waals surface area (Å²) < 4.78 is 0. The number of carboxylic acid groups (broad SMARTS) is 1. The van der Waals surface area contributed by atoms with Crippen LogP contribution in [0.3, 0.4) is 0 Å². The molecule has 0 rings (SSSR count). The van der Waals surface area contributed by atoms with Crippen LogP contribution in [0.5, 0.6) is 0 Å². The van der Waals surface area contributed by atoms with Crippen LogP contribution in [-0.4, -0.2) is 16.8 Å². The van der Waals surface area contributed by atoms with Gasteiger partial charge in [-0.05, 0) is 0 Å². The van der Waals surface area contributed by atoms with Crippen LogP contribution in [0.2, 0.25) is 0 Å². The fraction of sp³-hybridized carbons (Fsp3) is 0.500. The van der Waals surface area contributed by atoms with E-state index in [1.165, 1.54) is 0 Å². The summed E-state index contributed by atoms with van der Waals surface area (Å²) in [5, 5.41) is 7.65. The lowest BCUT2D eigenvalue weighted by atomic mass is 10.8. The molecule has 8 heteroatoms. The van der Waals surface area contributed by atoms with Crippen molar-refractivity contribution in [1.82, 2.24) is 18.5 Å². The average molecular weight is 211 g/mol. The summed E-state index contributed by atoms with van der Waals surface area (Å²) >= 11 is 3.42. The fourth-order valence-electron chi connectivity index (χ4n) is 0. The maximum absolute atomic E-state index is 9.29. The van der Waals surface area contributed by atoms with Crippen LogP contribution in [0, 0.1) is 0 Å². The molecule has 10 N–H and O–H groups in total. The Morgan fingerprint density at radius 3 is 1.30 bits per heavy atom. The molecule has 0 bridgehead atoms. The van der Waals surface area contributed by atoms with Crippen molar-refractivity contribution in [3.63, 3.8) is 0 Å². The van der Waals surface area contributed by atoms with Gasteiger partial charge in [0.15, 0.2) is 0 Å². The topological polar surface area (TPSA) is 142 Å². The first-order valence-electron chi connectivity index (χ1n) is 1.10. The zero-order valence-corrected chi connectivity index (χ0v) is 8.53. The number of thiol groups is 1. The Bertz CT molecular complexity index is 55.0. The number of hydrogen-bond donors (Lipinski definition) is 5. The van der Waals surface area contributed by atoms with Gasteiger partial charge in [0.2, 0.25) is 0 Å². The number of carboxylic acids is 1. The molecule has 70 valence electrons. The number of carbonyl (C=O) groups is 1. The Balaban J connectivity index is -0.00000000800. The zero-order valence-electron chi connectivity index (χ0n) is 5.63. The first-order valence-corrected chi connectivity index (χ1v) is 1.73. The second-order valence-electron chi connectivity index (χ2n) is 0.552. The first kappa shape index (κ1) is 47.5. The minimum atomic E-state index is -0.881. The quantitative estimate of drug-likeness (QED) is 0.406. The van der Waals surface area contributed by atoms with Gasteiger partial charge in [0.05, 0.1) is 5.75 Å². The molecule has 0 saturated heterocycles. The Kier molecular flexibility index (Phi) is 163. The number of hydrogen-bond acceptors (Lipinski definition) is 5. The van der Waals surface area contributed by atoms with Crippen LogP contribution < -0.4 is 18.5 Å². The summed E-state index contributed by atoms with van der Waals surface area (Å²) in [6.45, 7) is 0. The van der Waals surface area contributed by atoms with Crippen LogP contribution in [-0.2, 0) is 4.79 Å². The van der Waals surface area contributed by atoms with Crippen molar-refractivity contribution >= 4 is 45.6 Å². The largest absolute Gasteiger partial charge is 0.481 e. The molecule has 0 aliphatic rings. The molecule has 0 aliphatic heterocycles. The van der Waals surface area contributed by atoms with Gasteiger partial charge >= 0.3 is 5.97 Å². The summed E-state index contributed by atoms with van der Waals surface area (Å²) in [6, 6.07) is 0. The molecule has 0 fully saturated rings. The normalized spacial score (nSPS) is 3.70. The summed E-state index contributed by atoms with van der Waals surface area (Å²) in [5.74, 6) is -0.965. The summed E-state index contributed by atoms with van der Waals surface area (Å²) in [6.07, 6.45) is 0. The molecule has 0 heterocycles. The van der Waals surface area contributed by atoms with E-state index in [0.29, 0.717) is 0 Å². The van der Waals surface area contributed by atoms with Gasteiger partial charge in [0, 0.05) is 0 Å². The lowest BCUT2D eigenvalue weighted by Crippen LogP contribution is -1.92. The third kappa shape index (κ3) is 79.9. The van der Waals surface area contributed by atoms with Gasteiger partial charge in [-0.15, -0.1) is 0 Å². The van der Waals surface area contributed by atoms with Gasteiger partial charge in [0.25, 0.3) is 0 Å². The van der Waals surface area contributed by atoms with Crippen molar-refractivity contribution in [1.29, 1.82) is 0 Å². The van der Waals surface area contributed by atoms with E-state index in [1.54, 1.807) is 0 Å². The summed E-state index contributed by atoms with van der Waals surface area (Å²) in [7, 11) is 0. The van der Waals surface area contributed by atoms with E-state index in [0.717, 1.165) is 0 Å². The van der Waals surface area contributed by atoms with E-state index in [-0.39, 0.29) is 51.2 Å². The molecule has 0 unspecified atom stereocenters. The number of aliphatic carboxylic acids is 1. The Morgan fingerprint density at radius 2 is 1.30 bits per heavy atom. The molecule has 0 amide bonds. The van der Waals surface area contributed by atoms with Crippen molar-refractivity contribution in [2.24, 2.45) is 0 Å².